The van der Waals surface area contributed by atoms with Crippen LogP contribution in [0, 0.1) is 11.8 Å². The van der Waals surface area contributed by atoms with Crippen LogP contribution in [0.15, 0.2) is 24.3 Å². The van der Waals surface area contributed by atoms with Gasteiger partial charge in [0, 0.05) is 40.0 Å². The molecule has 0 aliphatic rings. The molecule has 5 heteroatoms. The van der Waals surface area contributed by atoms with Crippen molar-refractivity contribution in [1.29, 1.82) is 0 Å². The first-order valence-electron chi connectivity index (χ1n) is 6.35. The number of benzene rings is 1. The van der Waals surface area contributed by atoms with Crippen LogP contribution in [0.25, 0.3) is 0 Å². The number of carbonyl (C=O) groups excluding carboxylic acids is 1. The first kappa shape index (κ1) is 16.4. The fourth-order valence-corrected chi connectivity index (χ4v) is 1.99. The molecule has 0 aliphatic heterocycles. The largest absolute Gasteiger partial charge is 0.384 e. The van der Waals surface area contributed by atoms with Gasteiger partial charge in [-0.1, -0.05) is 24.8 Å². The molecule has 0 radical (unpaired) electrons. The lowest BCUT2D eigenvalue weighted by Gasteiger charge is -2.09. The highest BCUT2D eigenvalue weighted by Gasteiger charge is 2.08. The molecule has 0 bridgehead atoms. The van der Waals surface area contributed by atoms with Crippen LogP contribution in [-0.4, -0.2) is 39.9 Å². The summed E-state index contributed by atoms with van der Waals surface area (Å²) < 4.78 is 11.2. The predicted octanol–water partition coefficient (Wildman–Crippen LogP) is 0.917. The van der Waals surface area contributed by atoms with Crippen molar-refractivity contribution < 1.29 is 14.1 Å². The van der Waals surface area contributed by atoms with Gasteiger partial charge in [0.05, 0.1) is 0 Å². The molecule has 0 saturated carbocycles. The molecule has 1 amide bonds. The lowest BCUT2D eigenvalue weighted by atomic mass is 10.1. The maximum Gasteiger partial charge on any atom is 0.251 e. The minimum atomic E-state index is -0.870. The summed E-state index contributed by atoms with van der Waals surface area (Å²) in [5, 5.41) is 11.5. The highest BCUT2D eigenvalue weighted by molar-refractivity contribution is 7.84. The van der Waals surface area contributed by atoms with Gasteiger partial charge >= 0.3 is 0 Å². The van der Waals surface area contributed by atoms with Crippen molar-refractivity contribution in [3.63, 3.8) is 0 Å². The average molecular weight is 293 g/mol. The Balaban J connectivity index is 2.57. The van der Waals surface area contributed by atoms with E-state index in [9.17, 15) is 9.00 Å². The Hall–Kier alpha value is -1.64. The third-order valence-electron chi connectivity index (χ3n) is 2.84. The highest BCUT2D eigenvalue weighted by atomic mass is 32.2. The van der Waals surface area contributed by atoms with Gasteiger partial charge in [-0.3, -0.25) is 9.00 Å². The Kier molecular flexibility index (Phi) is 6.99. The van der Waals surface area contributed by atoms with Gasteiger partial charge in [-0.15, -0.1) is 0 Å². The minimum Gasteiger partial charge on any atom is -0.384 e. The summed E-state index contributed by atoms with van der Waals surface area (Å²) in [6, 6.07) is 6.92. The molecule has 0 fully saturated rings. The van der Waals surface area contributed by atoms with Crippen molar-refractivity contribution in [3.8, 4) is 11.8 Å². The molecule has 108 valence electrons. The number of hydrogen-bond acceptors (Lipinski definition) is 3. The molecule has 1 aromatic carbocycles. The molecule has 0 aliphatic carbocycles. The van der Waals surface area contributed by atoms with Crippen LogP contribution in [-0.2, 0) is 10.8 Å². The molecule has 0 heterocycles. The molecule has 4 nitrogen and oxygen atoms in total. The van der Waals surface area contributed by atoms with Crippen molar-refractivity contribution in [3.05, 3.63) is 35.4 Å². The van der Waals surface area contributed by atoms with Crippen LogP contribution in [0.5, 0.6) is 0 Å². The van der Waals surface area contributed by atoms with Gasteiger partial charge < -0.3 is 10.4 Å². The summed E-state index contributed by atoms with van der Waals surface area (Å²) in [5.74, 6) is 5.13. The van der Waals surface area contributed by atoms with E-state index in [0.717, 1.165) is 0 Å². The Morgan fingerprint density at radius 2 is 2.25 bits per heavy atom. The second-order valence-corrected chi connectivity index (χ2v) is 6.20. The number of nitrogens with one attached hydrogen (secondary N) is 1. The summed E-state index contributed by atoms with van der Waals surface area (Å²) in [7, 11) is -0.870. The van der Waals surface area contributed by atoms with Crippen LogP contribution >= 0.6 is 0 Å². The van der Waals surface area contributed by atoms with Crippen molar-refractivity contribution >= 4 is 16.7 Å². The molecular weight excluding hydrogens is 274 g/mol. The van der Waals surface area contributed by atoms with Crippen LogP contribution in [0.1, 0.15) is 29.3 Å². The number of carbonyl (C=O) groups is 1. The standard InChI is InChI=1S/C15H19NO3S/c1-12(20(2)19)8-9-16-15(18)14-7-3-5-13(11-14)6-4-10-17/h3,5,7,11-12,17H,8-10H2,1-2H3,(H,16,18). The zero-order valence-electron chi connectivity index (χ0n) is 11.7. The van der Waals surface area contributed by atoms with Crippen molar-refractivity contribution in [1.82, 2.24) is 5.32 Å². The van der Waals surface area contributed by atoms with E-state index in [4.69, 9.17) is 5.11 Å². The van der Waals surface area contributed by atoms with Gasteiger partial charge in [0.2, 0.25) is 0 Å². The van der Waals surface area contributed by atoms with Gasteiger partial charge in [-0.2, -0.15) is 0 Å². The first-order chi connectivity index (χ1) is 9.54. The Labute approximate surface area is 122 Å². The summed E-state index contributed by atoms with van der Waals surface area (Å²) >= 11 is 0. The van der Waals surface area contributed by atoms with Gasteiger partial charge in [0.15, 0.2) is 0 Å². The van der Waals surface area contributed by atoms with E-state index in [1.54, 1.807) is 30.5 Å². The summed E-state index contributed by atoms with van der Waals surface area (Å²) in [6.07, 6.45) is 2.34. The zero-order chi connectivity index (χ0) is 15.0. The van der Waals surface area contributed by atoms with E-state index in [0.29, 0.717) is 24.1 Å². The topological polar surface area (TPSA) is 66.4 Å². The van der Waals surface area contributed by atoms with Gasteiger partial charge in [-0.05, 0) is 24.6 Å². The minimum absolute atomic E-state index is 0.0667. The summed E-state index contributed by atoms with van der Waals surface area (Å²) in [4.78, 5) is 11.9. The van der Waals surface area contributed by atoms with E-state index in [2.05, 4.69) is 17.2 Å². The molecule has 1 rings (SSSR count). The number of rotatable bonds is 5. The quantitative estimate of drug-likeness (QED) is 0.793. The van der Waals surface area contributed by atoms with Crippen LogP contribution in [0.3, 0.4) is 0 Å². The zero-order valence-corrected chi connectivity index (χ0v) is 12.5. The summed E-state index contributed by atoms with van der Waals surface area (Å²) in [6.45, 7) is 2.18. The fourth-order valence-electron chi connectivity index (χ4n) is 1.54. The van der Waals surface area contributed by atoms with Crippen LogP contribution in [0.4, 0.5) is 0 Å². The maximum absolute atomic E-state index is 11.9. The number of aliphatic hydroxyl groups excluding tert-OH is 1. The smallest absolute Gasteiger partial charge is 0.251 e. The average Bonchev–Trinajstić information content (AvgIpc) is 2.45. The maximum atomic E-state index is 11.9. The molecule has 0 aromatic heterocycles. The molecule has 2 N–H and O–H groups in total. The predicted molar refractivity (Wildman–Crippen MR) is 80.9 cm³/mol. The lowest BCUT2D eigenvalue weighted by molar-refractivity contribution is 0.0953. The third kappa shape index (κ3) is 5.55. The van der Waals surface area contributed by atoms with E-state index < -0.39 is 10.8 Å². The normalized spacial score (nSPS) is 12.9. The highest BCUT2D eigenvalue weighted by Crippen LogP contribution is 2.04. The molecule has 0 spiro atoms. The molecule has 20 heavy (non-hydrogen) atoms. The second-order valence-electron chi connectivity index (χ2n) is 4.39. The molecule has 2 atom stereocenters. The third-order valence-corrected chi connectivity index (χ3v) is 4.21. The Morgan fingerprint density at radius 1 is 1.50 bits per heavy atom. The van der Waals surface area contributed by atoms with Crippen molar-refractivity contribution in [2.75, 3.05) is 19.4 Å². The summed E-state index contributed by atoms with van der Waals surface area (Å²) in [5.41, 5.74) is 1.22. The van der Waals surface area contributed by atoms with E-state index in [-0.39, 0.29) is 17.8 Å². The van der Waals surface area contributed by atoms with Crippen molar-refractivity contribution in [2.24, 2.45) is 0 Å². The Bertz CT molecular complexity index is 546. The number of aliphatic hydroxyl groups is 1. The number of hydrogen-bond donors (Lipinski definition) is 2. The second kappa shape index (κ2) is 8.51. The molecular formula is C15H19NO3S. The van der Waals surface area contributed by atoms with E-state index in [1.807, 2.05) is 6.92 Å². The molecule has 0 saturated heterocycles. The Morgan fingerprint density at radius 3 is 2.90 bits per heavy atom. The SMILES string of the molecule is CC(CCNC(=O)c1cccc(C#CCO)c1)S(C)=O. The molecule has 2 unspecified atom stereocenters. The fraction of sp³-hybridized carbons (Fsp3) is 0.400. The van der Waals surface area contributed by atoms with Gasteiger partial charge in [0.25, 0.3) is 5.91 Å². The van der Waals surface area contributed by atoms with Crippen molar-refractivity contribution in [2.45, 2.75) is 18.6 Å². The monoisotopic (exact) mass is 293 g/mol. The lowest BCUT2D eigenvalue weighted by Crippen LogP contribution is -2.27. The van der Waals surface area contributed by atoms with Crippen LogP contribution in [0.2, 0.25) is 0 Å². The van der Waals surface area contributed by atoms with Crippen LogP contribution < -0.4 is 5.32 Å². The van der Waals surface area contributed by atoms with E-state index >= 15 is 0 Å². The molecule has 1 aromatic rings. The van der Waals surface area contributed by atoms with E-state index in [1.165, 1.54) is 0 Å². The van der Waals surface area contributed by atoms with Gasteiger partial charge in [0.1, 0.15) is 6.61 Å². The van der Waals surface area contributed by atoms with Gasteiger partial charge in [-0.25, -0.2) is 0 Å². The number of amides is 1. The first-order valence-corrected chi connectivity index (χ1v) is 7.97.